The number of hydrogen-bond acceptors (Lipinski definition) is 6. The highest BCUT2D eigenvalue weighted by Gasteiger charge is 2.37. The first-order valence-corrected chi connectivity index (χ1v) is 19.0. The van der Waals surface area contributed by atoms with Gasteiger partial charge in [-0.05, 0) is 58.2 Å². The van der Waals surface area contributed by atoms with Crippen molar-refractivity contribution in [3.63, 3.8) is 0 Å². The van der Waals surface area contributed by atoms with Gasteiger partial charge in [-0.1, -0.05) is 55.0 Å². The van der Waals surface area contributed by atoms with Gasteiger partial charge in [-0.15, -0.1) is 23.2 Å². The number of phenolic OH excluding ortho intramolecular Hbond substituents is 1. The molecule has 3 heterocycles. The van der Waals surface area contributed by atoms with Gasteiger partial charge in [-0.25, -0.2) is 0 Å². The molecule has 4 aromatic carbocycles. The van der Waals surface area contributed by atoms with E-state index in [1.807, 2.05) is 54.6 Å². The number of aromatic hydroxyl groups is 1. The number of halogens is 2. The van der Waals surface area contributed by atoms with Crippen molar-refractivity contribution in [3.8, 4) is 5.75 Å². The highest BCUT2D eigenvalue weighted by atomic mass is 35.5. The minimum absolute atomic E-state index is 0.0830. The minimum Gasteiger partial charge on any atom is -0.507 e. The van der Waals surface area contributed by atoms with E-state index in [0.29, 0.717) is 67.0 Å². The number of fused-ring (bicyclic) bond motifs is 6. The van der Waals surface area contributed by atoms with Crippen LogP contribution in [0, 0.1) is 0 Å². The number of primary amides is 1. The second-order valence-electron chi connectivity index (χ2n) is 14.0. The zero-order valence-electron chi connectivity index (χ0n) is 29.1. The Hall–Kier alpha value is -4.93. The summed E-state index contributed by atoms with van der Waals surface area (Å²) in [5.41, 5.74) is 9.95. The Morgan fingerprint density at radius 2 is 1.25 bits per heavy atom. The highest BCUT2D eigenvalue weighted by Crippen LogP contribution is 2.47. The number of imide groups is 1. The van der Waals surface area contributed by atoms with Crippen molar-refractivity contribution >= 4 is 85.7 Å². The van der Waals surface area contributed by atoms with Crippen LogP contribution in [-0.2, 0) is 24.0 Å². The van der Waals surface area contributed by atoms with Gasteiger partial charge in [0.2, 0.25) is 17.7 Å². The Bertz CT molecular complexity index is 2170. The average Bonchev–Trinajstić information content (AvgIpc) is 3.83. The zero-order valence-corrected chi connectivity index (χ0v) is 30.6. The molecule has 0 saturated heterocycles. The highest BCUT2D eigenvalue weighted by molar-refractivity contribution is 6.19. The number of carbonyl (C=O) groups excluding carboxylic acids is 5. The van der Waals surface area contributed by atoms with Crippen LogP contribution in [0.25, 0.3) is 21.5 Å². The number of anilines is 2. The first-order valence-electron chi connectivity index (χ1n) is 18.0. The molecule has 0 aliphatic carbocycles. The molecule has 5 amide bonds. The summed E-state index contributed by atoms with van der Waals surface area (Å²) in [6, 6.07) is 18.8. The summed E-state index contributed by atoms with van der Waals surface area (Å²) in [6.07, 6.45) is 4.51. The van der Waals surface area contributed by atoms with Crippen LogP contribution < -0.4 is 15.5 Å². The largest absolute Gasteiger partial charge is 0.507 e. The van der Waals surface area contributed by atoms with Crippen LogP contribution in [0.15, 0.2) is 72.8 Å². The summed E-state index contributed by atoms with van der Waals surface area (Å²) in [7, 11) is 0. The lowest BCUT2D eigenvalue weighted by molar-refractivity contribution is -0.137. The Balaban J connectivity index is 1.08. The normalized spacial score (nSPS) is 18.3. The molecule has 0 aromatic heterocycles. The first-order chi connectivity index (χ1) is 25.6. The van der Waals surface area contributed by atoms with Gasteiger partial charge in [-0.2, -0.15) is 0 Å². The molecule has 0 radical (unpaired) electrons. The molecule has 10 nitrogen and oxygen atoms in total. The summed E-state index contributed by atoms with van der Waals surface area (Å²) < 4.78 is 0. The summed E-state index contributed by atoms with van der Waals surface area (Å²) in [6.45, 7) is 1.02. The minimum atomic E-state index is -0.672. The van der Waals surface area contributed by atoms with E-state index >= 15 is 0 Å². The second-order valence-corrected chi connectivity index (χ2v) is 14.6. The number of alkyl halides is 2. The van der Waals surface area contributed by atoms with Crippen LogP contribution in [0.4, 0.5) is 11.4 Å². The molecular formula is C41H40Cl2N4O6. The van der Waals surface area contributed by atoms with Crippen molar-refractivity contribution in [3.05, 3.63) is 89.5 Å². The molecule has 0 spiro atoms. The van der Waals surface area contributed by atoms with E-state index in [1.165, 1.54) is 17.1 Å². The van der Waals surface area contributed by atoms with Crippen LogP contribution in [0.1, 0.15) is 73.0 Å². The number of carbonyl (C=O) groups is 5. The maximum atomic E-state index is 14.0. The fourth-order valence-corrected chi connectivity index (χ4v) is 8.80. The molecule has 3 aliphatic heterocycles. The Kier molecular flexibility index (Phi) is 10.4. The van der Waals surface area contributed by atoms with E-state index < -0.39 is 11.8 Å². The lowest BCUT2D eigenvalue weighted by Crippen LogP contribution is -2.32. The van der Waals surface area contributed by atoms with Crippen LogP contribution >= 0.6 is 23.2 Å². The van der Waals surface area contributed by atoms with Gasteiger partial charge in [0.1, 0.15) is 5.75 Å². The average molecular weight is 756 g/mol. The van der Waals surface area contributed by atoms with Gasteiger partial charge in [0.05, 0.1) is 11.6 Å². The molecule has 3 N–H and O–H groups in total. The number of phenols is 1. The van der Waals surface area contributed by atoms with Gasteiger partial charge in [-0.3, -0.25) is 28.9 Å². The summed E-state index contributed by atoms with van der Waals surface area (Å²) in [4.78, 5) is 69.1. The topological polar surface area (TPSA) is 141 Å². The maximum Gasteiger partial charge on any atom is 0.253 e. The predicted molar refractivity (Wildman–Crippen MR) is 207 cm³/mol. The fraction of sp³-hybridized carbons (Fsp3) is 0.341. The van der Waals surface area contributed by atoms with Crippen LogP contribution in [0.2, 0.25) is 0 Å². The van der Waals surface area contributed by atoms with Crippen molar-refractivity contribution in [2.24, 2.45) is 5.73 Å². The van der Waals surface area contributed by atoms with Crippen molar-refractivity contribution in [2.45, 2.75) is 56.3 Å². The Morgan fingerprint density at radius 3 is 1.79 bits per heavy atom. The van der Waals surface area contributed by atoms with E-state index in [9.17, 15) is 29.1 Å². The molecule has 7 rings (SSSR count). The van der Waals surface area contributed by atoms with Gasteiger partial charge in [0.25, 0.3) is 11.8 Å². The van der Waals surface area contributed by atoms with Crippen molar-refractivity contribution in [1.29, 1.82) is 0 Å². The number of benzene rings is 4. The summed E-state index contributed by atoms with van der Waals surface area (Å²) in [5.74, 6) is -1.66. The quantitative estimate of drug-likeness (QED) is 0.0899. The molecule has 1 unspecified atom stereocenters. The van der Waals surface area contributed by atoms with E-state index in [2.05, 4.69) is 0 Å². The number of amides is 5. The third-order valence-corrected chi connectivity index (χ3v) is 11.6. The van der Waals surface area contributed by atoms with Crippen molar-refractivity contribution < 1.29 is 29.1 Å². The van der Waals surface area contributed by atoms with E-state index in [1.54, 1.807) is 15.9 Å². The van der Waals surface area contributed by atoms with Gasteiger partial charge >= 0.3 is 0 Å². The molecule has 3 atom stereocenters. The monoisotopic (exact) mass is 754 g/mol. The molecule has 274 valence electrons. The second kappa shape index (κ2) is 15.2. The molecular weight excluding hydrogens is 715 g/mol. The predicted octanol–water partition coefficient (Wildman–Crippen LogP) is 6.57. The lowest BCUT2D eigenvalue weighted by atomic mass is 9.85. The van der Waals surface area contributed by atoms with E-state index in [0.717, 1.165) is 27.3 Å². The number of nitrogens with two attached hydrogens (primary N) is 1. The van der Waals surface area contributed by atoms with Gasteiger partial charge in [0, 0.05) is 85.4 Å². The fourth-order valence-electron chi connectivity index (χ4n) is 8.29. The summed E-state index contributed by atoms with van der Waals surface area (Å²) in [5, 5.41) is 14.1. The van der Waals surface area contributed by atoms with E-state index in [-0.39, 0.29) is 66.5 Å². The first kappa shape index (κ1) is 36.4. The zero-order chi connectivity index (χ0) is 37.4. The molecule has 0 bridgehead atoms. The van der Waals surface area contributed by atoms with Crippen LogP contribution in [0.3, 0.4) is 0 Å². The van der Waals surface area contributed by atoms with Gasteiger partial charge < -0.3 is 20.6 Å². The molecule has 4 aromatic rings. The molecule has 53 heavy (non-hydrogen) atoms. The Morgan fingerprint density at radius 1 is 0.736 bits per heavy atom. The smallest absolute Gasteiger partial charge is 0.253 e. The number of unbranched alkanes of at least 4 members (excludes halogenated alkanes) is 1. The van der Waals surface area contributed by atoms with Crippen molar-refractivity contribution in [2.75, 3.05) is 41.2 Å². The van der Waals surface area contributed by atoms with Crippen LogP contribution in [0.5, 0.6) is 5.75 Å². The molecule has 3 aliphatic rings. The Labute approximate surface area is 317 Å². The van der Waals surface area contributed by atoms with Crippen LogP contribution in [-0.4, -0.2) is 70.9 Å². The van der Waals surface area contributed by atoms with E-state index in [4.69, 9.17) is 28.9 Å². The third kappa shape index (κ3) is 6.74. The molecule has 12 heteroatoms. The maximum absolute atomic E-state index is 14.0. The van der Waals surface area contributed by atoms with Crippen molar-refractivity contribution in [1.82, 2.24) is 4.90 Å². The molecule has 0 saturated carbocycles. The molecule has 0 fully saturated rings. The summed E-state index contributed by atoms with van der Waals surface area (Å²) >= 11 is 12.9. The third-order valence-electron chi connectivity index (χ3n) is 10.8. The number of nitrogens with zero attached hydrogens (tertiary/aromatic N) is 3. The SMILES string of the molecule is NC(=O)C(CCCCN1C(=O)C=CC1=O)c1cc2c(c3ccccc13)[C@@H](CCl)CN2C(=O)CCCC(=O)N1C[C@H](CCl)c2c1cc(O)c1ccccc21. The number of hydrogen-bond donors (Lipinski definition) is 2. The number of rotatable bonds is 13. The lowest BCUT2D eigenvalue weighted by Gasteiger charge is -2.23. The van der Waals surface area contributed by atoms with Gasteiger partial charge in [0.15, 0.2) is 0 Å². The standard InChI is InChI=1S/C41H40Cl2N4O6/c42-20-24-22-46(35(49)13-7-14-36(50)47-23-25(21-43)40-29-11-4-2-9-27(29)34(48)19-33(40)47)32-18-31(26-8-1-3-10-28(26)39(24)32)30(41(44)53)12-5-6-17-45-37(51)15-16-38(45)52/h1-4,8-11,15-16,18-19,24-25,30,48H,5-7,12-14,17,20-23H2,(H2,44,53)/t24-,25-,30?/m0/s1.